The average Bonchev–Trinajstić information content (AvgIpc) is 3.82. The molecule has 0 bridgehead atoms. The smallest absolute Gasteiger partial charge is 0.408 e. The van der Waals surface area contributed by atoms with Crippen LogP contribution in [0.25, 0.3) is 0 Å². The van der Waals surface area contributed by atoms with Crippen molar-refractivity contribution < 1.29 is 33.4 Å². The summed E-state index contributed by atoms with van der Waals surface area (Å²) in [7, 11) is 0. The van der Waals surface area contributed by atoms with Gasteiger partial charge in [0.2, 0.25) is 11.8 Å². The number of alkyl carbamates (subject to hydrolysis) is 1. The van der Waals surface area contributed by atoms with Crippen molar-refractivity contribution in [1.29, 1.82) is 0 Å². The van der Waals surface area contributed by atoms with Gasteiger partial charge in [0.15, 0.2) is 5.82 Å². The lowest BCUT2D eigenvalue weighted by molar-refractivity contribution is -0.132. The van der Waals surface area contributed by atoms with E-state index >= 15 is 0 Å². The molecule has 13 heteroatoms. The summed E-state index contributed by atoms with van der Waals surface area (Å²) in [6, 6.07) is 24.2. The van der Waals surface area contributed by atoms with Crippen LogP contribution in [0.3, 0.4) is 0 Å². The highest BCUT2D eigenvalue weighted by Crippen LogP contribution is 2.28. The molecule has 1 aliphatic heterocycles. The Balaban J connectivity index is 1.32. The van der Waals surface area contributed by atoms with Crippen LogP contribution in [0.2, 0.25) is 0 Å². The summed E-state index contributed by atoms with van der Waals surface area (Å²) in [4.78, 5) is 59.9. The topological polar surface area (TPSA) is 153 Å². The zero-order valence-electron chi connectivity index (χ0n) is 30.8. The molecule has 0 aliphatic carbocycles. The zero-order chi connectivity index (χ0) is 38.0. The number of carbonyl (C=O) groups is 4. The van der Waals surface area contributed by atoms with Crippen LogP contribution in [-0.4, -0.2) is 75.1 Å². The Labute approximate surface area is 310 Å². The monoisotopic (exact) mass is 724 g/mol. The first kappa shape index (κ1) is 38.5. The summed E-state index contributed by atoms with van der Waals surface area (Å²) in [6.07, 6.45) is 4.16. The maximum atomic E-state index is 13.9. The number of amides is 4. The number of likely N-dealkylation sites (tertiary alicyclic amines) is 1. The summed E-state index contributed by atoms with van der Waals surface area (Å²) in [5, 5.41) is 8.04. The molecule has 2 atom stereocenters. The number of ether oxygens (including phenoxy) is 3. The van der Waals surface area contributed by atoms with Crippen LogP contribution in [0.4, 0.5) is 10.6 Å². The van der Waals surface area contributed by atoms with Gasteiger partial charge in [0.1, 0.15) is 34.7 Å². The van der Waals surface area contributed by atoms with Crippen molar-refractivity contribution in [3.8, 4) is 11.5 Å². The molecule has 0 spiro atoms. The molecule has 0 radical (unpaired) electrons. The van der Waals surface area contributed by atoms with Crippen LogP contribution in [-0.2, 0) is 30.5 Å². The van der Waals surface area contributed by atoms with Gasteiger partial charge < -0.3 is 39.6 Å². The summed E-state index contributed by atoms with van der Waals surface area (Å²) >= 11 is 0. The molecule has 13 nitrogen and oxygen atoms in total. The number of aromatic nitrogens is 2. The maximum absolute atomic E-state index is 13.9. The van der Waals surface area contributed by atoms with E-state index in [0.717, 1.165) is 24.0 Å². The van der Waals surface area contributed by atoms with E-state index in [1.165, 1.54) is 20.2 Å². The van der Waals surface area contributed by atoms with Crippen molar-refractivity contribution in [2.75, 3.05) is 25.0 Å². The Bertz CT molecular complexity index is 1830. The van der Waals surface area contributed by atoms with Gasteiger partial charge in [0.25, 0.3) is 5.91 Å². The molecule has 2 heterocycles. The Morgan fingerprint density at radius 3 is 2.09 bits per heavy atom. The van der Waals surface area contributed by atoms with Crippen molar-refractivity contribution in [1.82, 2.24) is 25.1 Å². The number of nitrogens with one attached hydrogen (secondary N) is 3. The van der Waals surface area contributed by atoms with Gasteiger partial charge in [0.05, 0.1) is 19.5 Å². The second-order valence-electron chi connectivity index (χ2n) is 14.4. The second kappa shape index (κ2) is 17.2. The van der Waals surface area contributed by atoms with Gasteiger partial charge in [-0.1, -0.05) is 60.7 Å². The standard InChI is InChI=1S/C40H48N6O7/c1-39(2,3)53-38(50)44-40(4,5)37(49)42-32(26-51-25-28-14-8-6-9-15-28)35(47)43-33-24-46(27-41-33)34(36(48)45-22-12-13-23-45)29-18-20-31(21-19-29)52-30-16-10-7-11-17-30/h6-11,14-21,24,27,32,34H,12-13,22-23,25-26H2,1-5H3,(H,42,49)(H,43,47)(H,44,50). The van der Waals surface area contributed by atoms with Crippen LogP contribution in [0.5, 0.6) is 11.5 Å². The number of carbonyl (C=O) groups excluding carboxylic acids is 4. The lowest BCUT2D eigenvalue weighted by Crippen LogP contribution is -2.59. The molecule has 0 saturated carbocycles. The third-order valence-corrected chi connectivity index (χ3v) is 8.38. The molecular formula is C40H48N6O7. The van der Waals surface area contributed by atoms with Crippen molar-refractivity contribution in [3.63, 3.8) is 0 Å². The minimum atomic E-state index is -1.44. The van der Waals surface area contributed by atoms with Crippen LogP contribution < -0.4 is 20.7 Å². The van der Waals surface area contributed by atoms with Gasteiger partial charge in [-0.15, -0.1) is 0 Å². The van der Waals surface area contributed by atoms with Crippen LogP contribution in [0, 0.1) is 0 Å². The fourth-order valence-corrected chi connectivity index (χ4v) is 5.66. The van der Waals surface area contributed by atoms with Crippen LogP contribution in [0.1, 0.15) is 64.6 Å². The fourth-order valence-electron chi connectivity index (χ4n) is 5.66. The maximum Gasteiger partial charge on any atom is 0.408 e. The van der Waals surface area contributed by atoms with E-state index in [2.05, 4.69) is 20.9 Å². The number of anilines is 1. The Morgan fingerprint density at radius 2 is 1.45 bits per heavy atom. The zero-order valence-corrected chi connectivity index (χ0v) is 30.8. The lowest BCUT2D eigenvalue weighted by atomic mass is 10.0. The molecule has 2 unspecified atom stereocenters. The third-order valence-electron chi connectivity index (χ3n) is 8.38. The normalized spacial score (nSPS) is 14.2. The second-order valence-corrected chi connectivity index (χ2v) is 14.4. The van der Waals surface area contributed by atoms with E-state index in [-0.39, 0.29) is 24.9 Å². The highest BCUT2D eigenvalue weighted by atomic mass is 16.6. The Morgan fingerprint density at radius 1 is 0.830 bits per heavy atom. The number of hydrogen-bond acceptors (Lipinski definition) is 8. The number of rotatable bonds is 14. The summed E-state index contributed by atoms with van der Waals surface area (Å²) in [5.41, 5.74) is -0.604. The first-order valence-electron chi connectivity index (χ1n) is 17.7. The number of imidazole rings is 1. The Hall–Kier alpha value is -5.69. The van der Waals surface area contributed by atoms with E-state index in [1.54, 1.807) is 31.5 Å². The van der Waals surface area contributed by atoms with Gasteiger partial charge in [0, 0.05) is 19.3 Å². The molecule has 3 aromatic carbocycles. The summed E-state index contributed by atoms with van der Waals surface area (Å²) < 4.78 is 18.8. The average molecular weight is 725 g/mol. The molecule has 1 fully saturated rings. The van der Waals surface area contributed by atoms with Crippen LogP contribution >= 0.6 is 0 Å². The number of para-hydroxylation sites is 1. The molecule has 53 heavy (non-hydrogen) atoms. The van der Waals surface area contributed by atoms with Crippen molar-refractivity contribution >= 4 is 29.6 Å². The quantitative estimate of drug-likeness (QED) is 0.147. The highest BCUT2D eigenvalue weighted by molar-refractivity contribution is 5.98. The third kappa shape index (κ3) is 11.1. The Kier molecular flexibility index (Phi) is 12.5. The highest BCUT2D eigenvalue weighted by Gasteiger charge is 2.35. The van der Waals surface area contributed by atoms with Gasteiger partial charge >= 0.3 is 6.09 Å². The van der Waals surface area contributed by atoms with Crippen LogP contribution in [0.15, 0.2) is 97.5 Å². The molecule has 5 rings (SSSR count). The molecule has 1 saturated heterocycles. The fraction of sp³-hybridized carbons (Fsp3) is 0.375. The van der Waals surface area contributed by atoms with Gasteiger partial charge in [-0.3, -0.25) is 14.4 Å². The van der Waals surface area contributed by atoms with Crippen molar-refractivity contribution in [2.45, 2.75) is 77.3 Å². The van der Waals surface area contributed by atoms with E-state index in [0.29, 0.717) is 24.6 Å². The predicted molar refractivity (Wildman–Crippen MR) is 199 cm³/mol. The molecule has 1 aromatic heterocycles. The molecule has 280 valence electrons. The summed E-state index contributed by atoms with van der Waals surface area (Å²) in [6.45, 7) is 9.50. The van der Waals surface area contributed by atoms with E-state index in [4.69, 9.17) is 14.2 Å². The van der Waals surface area contributed by atoms with E-state index < -0.39 is 41.1 Å². The molecular weight excluding hydrogens is 676 g/mol. The molecule has 4 aromatic rings. The van der Waals surface area contributed by atoms with Crippen molar-refractivity contribution in [3.05, 3.63) is 109 Å². The van der Waals surface area contributed by atoms with Gasteiger partial charge in [-0.2, -0.15) is 0 Å². The van der Waals surface area contributed by atoms with E-state index in [1.807, 2.05) is 89.8 Å². The molecule has 4 amide bonds. The largest absolute Gasteiger partial charge is 0.457 e. The minimum absolute atomic E-state index is 0.0892. The van der Waals surface area contributed by atoms with Crippen molar-refractivity contribution in [2.24, 2.45) is 0 Å². The van der Waals surface area contributed by atoms with E-state index in [9.17, 15) is 19.2 Å². The first-order valence-corrected chi connectivity index (χ1v) is 17.7. The first-order chi connectivity index (χ1) is 25.3. The number of nitrogens with zero attached hydrogens (tertiary/aromatic N) is 3. The van der Waals surface area contributed by atoms with Gasteiger partial charge in [-0.05, 0) is 82.9 Å². The summed E-state index contributed by atoms with van der Waals surface area (Å²) in [5.74, 6) is 0.170. The van der Waals surface area contributed by atoms with Gasteiger partial charge in [-0.25, -0.2) is 9.78 Å². The molecule has 1 aliphatic rings. The molecule has 3 N–H and O–H groups in total. The number of benzene rings is 3. The number of hydrogen-bond donors (Lipinski definition) is 3. The lowest BCUT2D eigenvalue weighted by Gasteiger charge is -2.29. The minimum Gasteiger partial charge on any atom is -0.457 e. The predicted octanol–water partition coefficient (Wildman–Crippen LogP) is 5.83. The SMILES string of the molecule is CC(C)(C)OC(=O)NC(C)(C)C(=O)NC(COCc1ccccc1)C(=O)Nc1cn(C(C(=O)N2CCCC2)c2ccc(Oc3ccccc3)cc2)cn1.